The van der Waals surface area contributed by atoms with Crippen LogP contribution in [0.1, 0.15) is 25.8 Å². The molecule has 1 N–H and O–H groups in total. The Hall–Kier alpha value is -2.01. The Kier molecular flexibility index (Phi) is 3.48. The minimum absolute atomic E-state index is 0.0166. The molecule has 0 aliphatic rings. The van der Waals surface area contributed by atoms with Crippen LogP contribution in [0, 0.1) is 10.1 Å². The zero-order valence-electron chi connectivity index (χ0n) is 11.0. The quantitative estimate of drug-likeness (QED) is 0.677. The normalized spacial score (nSPS) is 11.7. The van der Waals surface area contributed by atoms with Crippen LogP contribution in [0.15, 0.2) is 30.5 Å². The van der Waals surface area contributed by atoms with Crippen molar-refractivity contribution in [2.75, 3.05) is 0 Å². The maximum atomic E-state index is 11.1. The number of rotatable bonds is 4. The monoisotopic (exact) mass is 260 g/mol. The van der Waals surface area contributed by atoms with Gasteiger partial charge in [-0.05, 0) is 32.8 Å². The SMILES string of the molecule is CC(C)(O)CCc1c([N+](=O)[O-])cnc2ccccc12. The van der Waals surface area contributed by atoms with Crippen molar-refractivity contribution >= 4 is 16.6 Å². The van der Waals surface area contributed by atoms with Gasteiger partial charge in [0.2, 0.25) is 0 Å². The van der Waals surface area contributed by atoms with Gasteiger partial charge in [-0.2, -0.15) is 0 Å². The molecule has 5 nitrogen and oxygen atoms in total. The lowest BCUT2D eigenvalue weighted by Crippen LogP contribution is -2.19. The van der Waals surface area contributed by atoms with E-state index < -0.39 is 10.5 Å². The van der Waals surface area contributed by atoms with Crippen molar-refractivity contribution in [2.45, 2.75) is 32.3 Å². The Morgan fingerprint density at radius 3 is 2.68 bits per heavy atom. The summed E-state index contributed by atoms with van der Waals surface area (Å²) in [7, 11) is 0. The van der Waals surface area contributed by atoms with E-state index in [1.807, 2.05) is 24.3 Å². The predicted octanol–water partition coefficient (Wildman–Crippen LogP) is 2.85. The number of fused-ring (bicyclic) bond motifs is 1. The largest absolute Gasteiger partial charge is 0.390 e. The Bertz CT molecular complexity index is 618. The maximum Gasteiger partial charge on any atom is 0.291 e. The molecule has 0 bridgehead atoms. The van der Waals surface area contributed by atoms with Crippen LogP contribution in [-0.4, -0.2) is 20.6 Å². The van der Waals surface area contributed by atoms with E-state index in [-0.39, 0.29) is 5.69 Å². The Labute approximate surface area is 111 Å². The van der Waals surface area contributed by atoms with Crippen LogP contribution in [0.4, 0.5) is 5.69 Å². The highest BCUT2D eigenvalue weighted by Gasteiger charge is 2.20. The summed E-state index contributed by atoms with van der Waals surface area (Å²) in [5.41, 5.74) is 0.539. The van der Waals surface area contributed by atoms with E-state index in [0.29, 0.717) is 18.4 Å². The van der Waals surface area contributed by atoms with E-state index in [4.69, 9.17) is 0 Å². The molecule has 0 radical (unpaired) electrons. The summed E-state index contributed by atoms with van der Waals surface area (Å²) in [5, 5.41) is 21.7. The highest BCUT2D eigenvalue weighted by molar-refractivity contribution is 5.85. The van der Waals surface area contributed by atoms with Gasteiger partial charge in [-0.3, -0.25) is 10.1 Å². The third-order valence-electron chi connectivity index (χ3n) is 3.05. The lowest BCUT2D eigenvalue weighted by molar-refractivity contribution is -0.385. The van der Waals surface area contributed by atoms with E-state index >= 15 is 0 Å². The van der Waals surface area contributed by atoms with E-state index in [2.05, 4.69) is 4.98 Å². The van der Waals surface area contributed by atoms with Gasteiger partial charge >= 0.3 is 0 Å². The van der Waals surface area contributed by atoms with E-state index in [9.17, 15) is 15.2 Å². The first-order valence-electron chi connectivity index (χ1n) is 6.12. The summed E-state index contributed by atoms with van der Waals surface area (Å²) in [6.45, 7) is 3.39. The van der Waals surface area contributed by atoms with Crippen molar-refractivity contribution in [1.29, 1.82) is 0 Å². The molecule has 0 spiro atoms. The van der Waals surface area contributed by atoms with Gasteiger partial charge in [0.1, 0.15) is 6.20 Å². The third kappa shape index (κ3) is 3.06. The molecule has 1 aromatic carbocycles. The number of benzene rings is 1. The van der Waals surface area contributed by atoms with E-state index in [0.717, 1.165) is 10.9 Å². The molecule has 0 saturated carbocycles. The molecule has 2 aromatic rings. The van der Waals surface area contributed by atoms with Gasteiger partial charge < -0.3 is 5.11 Å². The predicted molar refractivity (Wildman–Crippen MR) is 73.0 cm³/mol. The summed E-state index contributed by atoms with van der Waals surface area (Å²) in [6.07, 6.45) is 2.20. The summed E-state index contributed by atoms with van der Waals surface area (Å²) in [5.74, 6) is 0. The molecule has 0 amide bonds. The average Bonchev–Trinajstić information content (AvgIpc) is 2.34. The van der Waals surface area contributed by atoms with Crippen molar-refractivity contribution < 1.29 is 10.0 Å². The van der Waals surface area contributed by atoms with Crippen molar-refractivity contribution in [2.24, 2.45) is 0 Å². The zero-order valence-corrected chi connectivity index (χ0v) is 11.0. The van der Waals surface area contributed by atoms with E-state index in [1.54, 1.807) is 13.8 Å². The molecule has 5 heteroatoms. The maximum absolute atomic E-state index is 11.1. The lowest BCUT2D eigenvalue weighted by atomic mass is 9.96. The first-order valence-corrected chi connectivity index (χ1v) is 6.12. The molecule has 0 saturated heterocycles. The number of para-hydroxylation sites is 1. The second-order valence-corrected chi connectivity index (χ2v) is 5.21. The van der Waals surface area contributed by atoms with Crippen LogP contribution in [0.3, 0.4) is 0 Å². The first-order chi connectivity index (χ1) is 8.88. The van der Waals surface area contributed by atoms with Crippen molar-refractivity contribution in [3.05, 3.63) is 46.1 Å². The third-order valence-corrected chi connectivity index (χ3v) is 3.05. The van der Waals surface area contributed by atoms with Gasteiger partial charge in [0.05, 0.1) is 16.0 Å². The fraction of sp³-hybridized carbons (Fsp3) is 0.357. The standard InChI is InChI=1S/C14H16N2O3/c1-14(2,17)8-7-11-10-5-3-4-6-12(10)15-9-13(11)16(18)19/h3-6,9,17H,7-8H2,1-2H3. The van der Waals surface area contributed by atoms with Crippen LogP contribution < -0.4 is 0 Å². The number of aliphatic hydroxyl groups is 1. The van der Waals surface area contributed by atoms with Gasteiger partial charge in [-0.15, -0.1) is 0 Å². The van der Waals surface area contributed by atoms with Gasteiger partial charge in [0.15, 0.2) is 0 Å². The first kappa shape index (κ1) is 13.4. The Balaban J connectivity index is 2.53. The van der Waals surface area contributed by atoms with E-state index in [1.165, 1.54) is 6.20 Å². The molecule has 1 aromatic heterocycles. The number of aryl methyl sites for hydroxylation is 1. The second-order valence-electron chi connectivity index (χ2n) is 5.21. The second kappa shape index (κ2) is 4.93. The average molecular weight is 260 g/mol. The molecule has 2 rings (SSSR count). The number of nitro groups is 1. The summed E-state index contributed by atoms with van der Waals surface area (Å²) >= 11 is 0. The number of hydrogen-bond donors (Lipinski definition) is 1. The van der Waals surface area contributed by atoms with Crippen LogP contribution >= 0.6 is 0 Å². The van der Waals surface area contributed by atoms with Crippen molar-refractivity contribution in [1.82, 2.24) is 4.98 Å². The molecule has 0 aliphatic heterocycles. The number of aromatic nitrogens is 1. The minimum Gasteiger partial charge on any atom is -0.390 e. The fourth-order valence-corrected chi connectivity index (χ4v) is 2.04. The Morgan fingerprint density at radius 1 is 1.37 bits per heavy atom. The van der Waals surface area contributed by atoms with Gasteiger partial charge in [0.25, 0.3) is 5.69 Å². The van der Waals surface area contributed by atoms with Gasteiger partial charge in [0, 0.05) is 10.9 Å². The van der Waals surface area contributed by atoms with Crippen LogP contribution in [0.5, 0.6) is 0 Å². The van der Waals surface area contributed by atoms with Crippen LogP contribution in [0.25, 0.3) is 10.9 Å². The molecule has 19 heavy (non-hydrogen) atoms. The molecular formula is C14H16N2O3. The summed E-state index contributed by atoms with van der Waals surface area (Å²) in [6, 6.07) is 7.34. The molecule has 100 valence electrons. The van der Waals surface area contributed by atoms with Gasteiger partial charge in [-0.1, -0.05) is 18.2 Å². The highest BCUT2D eigenvalue weighted by Crippen LogP contribution is 2.28. The molecule has 0 unspecified atom stereocenters. The van der Waals surface area contributed by atoms with Gasteiger partial charge in [-0.25, -0.2) is 4.98 Å². The minimum atomic E-state index is -0.849. The summed E-state index contributed by atoms with van der Waals surface area (Å²) < 4.78 is 0. The molecule has 0 atom stereocenters. The summed E-state index contributed by atoms with van der Waals surface area (Å²) in [4.78, 5) is 14.8. The molecular weight excluding hydrogens is 244 g/mol. The smallest absolute Gasteiger partial charge is 0.291 e. The van der Waals surface area contributed by atoms with Crippen molar-refractivity contribution in [3.8, 4) is 0 Å². The Morgan fingerprint density at radius 2 is 2.05 bits per heavy atom. The number of nitrogens with zero attached hydrogens (tertiary/aromatic N) is 2. The molecule has 0 aliphatic carbocycles. The molecule has 1 heterocycles. The van der Waals surface area contributed by atoms with Crippen molar-refractivity contribution in [3.63, 3.8) is 0 Å². The highest BCUT2D eigenvalue weighted by atomic mass is 16.6. The fourth-order valence-electron chi connectivity index (χ4n) is 2.04. The lowest BCUT2D eigenvalue weighted by Gasteiger charge is -2.17. The zero-order chi connectivity index (χ0) is 14.0. The number of hydrogen-bond acceptors (Lipinski definition) is 4. The van der Waals surface area contributed by atoms with Crippen LogP contribution in [0.2, 0.25) is 0 Å². The molecule has 0 fully saturated rings. The van der Waals surface area contributed by atoms with Crippen LogP contribution in [-0.2, 0) is 6.42 Å². The number of pyridine rings is 1. The topological polar surface area (TPSA) is 76.3 Å².